The number of rotatable bonds is 0. The largest absolute Gasteiger partial charge is 0.173 e. The number of hydrogen-bond donors (Lipinski definition) is 0. The van der Waals surface area contributed by atoms with E-state index in [1.54, 1.807) is 12.1 Å². The van der Waals surface area contributed by atoms with Crippen LogP contribution in [0.1, 0.15) is 2.74 Å². The summed E-state index contributed by atoms with van der Waals surface area (Å²) in [4.78, 5) is 0. The molecule has 16 heavy (non-hydrogen) atoms. The lowest BCUT2D eigenvalue weighted by molar-refractivity contribution is 1.65. The van der Waals surface area contributed by atoms with E-state index in [1.807, 2.05) is 0 Å². The highest BCUT2D eigenvalue weighted by molar-refractivity contribution is 7.00. The average Bonchev–Trinajstić information content (AvgIpc) is 2.98. The Kier molecular flexibility index (Phi) is 1.25. The van der Waals surface area contributed by atoms with Gasteiger partial charge in [-0.1, -0.05) is 0 Å². The SMILES string of the molecule is [3H]c1cc2c(cc([3H])c3nsnc32)c2nsnc12. The summed E-state index contributed by atoms with van der Waals surface area (Å²) in [5.41, 5.74) is 2.50. The van der Waals surface area contributed by atoms with Crippen LogP contribution >= 0.6 is 23.5 Å². The molecule has 0 aliphatic carbocycles. The van der Waals surface area contributed by atoms with Gasteiger partial charge < -0.3 is 0 Å². The first kappa shape index (κ1) is 6.82. The van der Waals surface area contributed by atoms with E-state index >= 15 is 0 Å². The standard InChI is InChI=1S/C10H4N4S2/c1-3-7-10(14-15-11-7)6-2-4-8-9(5(1)6)13-16-12-8/h1-4H/i3T,4T. The Labute approximate surface area is 101 Å². The molecule has 2 aromatic carbocycles. The van der Waals surface area contributed by atoms with Crippen molar-refractivity contribution in [1.82, 2.24) is 17.5 Å². The van der Waals surface area contributed by atoms with Crippen molar-refractivity contribution >= 4 is 56.3 Å². The number of fused-ring (bicyclic) bond motifs is 5. The minimum absolute atomic E-state index is 0.332. The van der Waals surface area contributed by atoms with E-state index in [-0.39, 0.29) is 0 Å². The van der Waals surface area contributed by atoms with E-state index in [4.69, 9.17) is 2.74 Å². The van der Waals surface area contributed by atoms with Crippen molar-refractivity contribution in [2.24, 2.45) is 0 Å². The molecule has 0 saturated heterocycles. The van der Waals surface area contributed by atoms with E-state index in [1.165, 1.54) is 0 Å². The molecule has 0 saturated carbocycles. The Hall–Kier alpha value is -1.66. The van der Waals surface area contributed by atoms with Gasteiger partial charge in [0.2, 0.25) is 0 Å². The van der Waals surface area contributed by atoms with Crippen molar-refractivity contribution in [1.29, 1.82) is 0 Å². The van der Waals surface area contributed by atoms with Gasteiger partial charge in [-0.05, 0) is 24.2 Å². The highest BCUT2D eigenvalue weighted by Crippen LogP contribution is 2.28. The third-order valence-corrected chi connectivity index (χ3v) is 3.54. The Morgan fingerprint density at radius 3 is 1.81 bits per heavy atom. The molecule has 0 aliphatic rings. The molecule has 6 heteroatoms. The minimum Gasteiger partial charge on any atom is -0.173 e. The molecule has 4 rings (SSSR count). The van der Waals surface area contributed by atoms with Gasteiger partial charge in [0.1, 0.15) is 22.1 Å². The van der Waals surface area contributed by atoms with Crippen molar-refractivity contribution in [3.8, 4) is 0 Å². The van der Waals surface area contributed by atoms with Gasteiger partial charge in [-0.25, -0.2) is 0 Å². The van der Waals surface area contributed by atoms with Crippen molar-refractivity contribution in [3.63, 3.8) is 0 Å². The van der Waals surface area contributed by atoms with Gasteiger partial charge in [0.05, 0.1) is 26.2 Å². The second-order valence-electron chi connectivity index (χ2n) is 3.33. The predicted octanol–water partition coefficient (Wildman–Crippen LogP) is 2.85. The highest BCUT2D eigenvalue weighted by atomic mass is 32.1. The van der Waals surface area contributed by atoms with Crippen LogP contribution in [0, 0.1) is 0 Å². The molecule has 0 amide bonds. The molecule has 0 N–H and O–H groups in total. The van der Waals surface area contributed by atoms with Gasteiger partial charge in [-0.15, -0.1) is 0 Å². The first-order valence-corrected chi connectivity index (χ1v) is 5.99. The lowest BCUT2D eigenvalue weighted by atomic mass is 10.1. The molecule has 0 bridgehead atoms. The monoisotopic (exact) mass is 248 g/mol. The Bertz CT molecular complexity index is 839. The number of aromatic nitrogens is 4. The first-order valence-electron chi connectivity index (χ1n) is 5.53. The lowest BCUT2D eigenvalue weighted by Gasteiger charge is -1.97. The fourth-order valence-corrected chi connectivity index (χ4v) is 2.80. The maximum atomic E-state index is 7.96. The number of benzene rings is 2. The van der Waals surface area contributed by atoms with Crippen LogP contribution in [0.15, 0.2) is 24.2 Å². The van der Waals surface area contributed by atoms with Crippen LogP contribution in [-0.2, 0) is 0 Å². The minimum atomic E-state index is 0.332. The first-order chi connectivity index (χ1) is 8.75. The second-order valence-corrected chi connectivity index (χ2v) is 4.38. The second kappa shape index (κ2) is 2.93. The van der Waals surface area contributed by atoms with Crippen molar-refractivity contribution in [2.45, 2.75) is 0 Å². The number of hydrogen-bond acceptors (Lipinski definition) is 6. The Morgan fingerprint density at radius 1 is 0.812 bits per heavy atom. The quantitative estimate of drug-likeness (QED) is 0.480. The third kappa shape index (κ3) is 0.975. The van der Waals surface area contributed by atoms with Crippen molar-refractivity contribution in [3.05, 3.63) is 24.2 Å². The van der Waals surface area contributed by atoms with E-state index in [0.29, 0.717) is 34.2 Å². The van der Waals surface area contributed by atoms with Crippen LogP contribution in [0.25, 0.3) is 32.8 Å². The summed E-state index contributed by atoms with van der Waals surface area (Å²) in [6.07, 6.45) is 0. The van der Waals surface area contributed by atoms with Crippen molar-refractivity contribution in [2.75, 3.05) is 0 Å². The summed E-state index contributed by atoms with van der Waals surface area (Å²) in [5, 5.41) is 1.64. The fourth-order valence-electron chi connectivity index (χ4n) is 1.75. The molecule has 0 unspecified atom stereocenters. The molecule has 0 fully saturated rings. The van der Waals surface area contributed by atoms with Crippen LogP contribution in [0.3, 0.4) is 0 Å². The maximum absolute atomic E-state index is 7.96. The summed E-state index contributed by atoms with van der Waals surface area (Å²) in [6, 6.07) is 4.11. The van der Waals surface area contributed by atoms with Gasteiger partial charge in [0, 0.05) is 10.8 Å². The summed E-state index contributed by atoms with van der Waals surface area (Å²) >= 11 is 2.16. The third-order valence-electron chi connectivity index (χ3n) is 2.48. The Morgan fingerprint density at radius 2 is 1.31 bits per heavy atom. The topological polar surface area (TPSA) is 51.6 Å². The summed E-state index contributed by atoms with van der Waals surface area (Å²) in [7, 11) is 0. The molecule has 76 valence electrons. The summed E-state index contributed by atoms with van der Waals surface area (Å²) in [6.45, 7) is 0. The van der Waals surface area contributed by atoms with Gasteiger partial charge in [0.25, 0.3) is 0 Å². The van der Waals surface area contributed by atoms with Gasteiger partial charge in [-0.2, -0.15) is 17.5 Å². The smallest absolute Gasteiger partial charge is 0.112 e. The molecule has 0 radical (unpaired) electrons. The van der Waals surface area contributed by atoms with Crippen molar-refractivity contribution < 1.29 is 2.74 Å². The number of nitrogens with zero attached hydrogens (tertiary/aromatic N) is 4. The molecule has 4 aromatic rings. The molecular weight excluding hydrogens is 240 g/mol. The molecule has 0 atom stereocenters. The van der Waals surface area contributed by atoms with Crippen LogP contribution in [0.2, 0.25) is 0 Å². The molecule has 0 spiro atoms. The Balaban J connectivity index is 2.40. The van der Waals surface area contributed by atoms with E-state index in [0.717, 1.165) is 34.2 Å². The zero-order valence-electron chi connectivity index (χ0n) is 9.76. The summed E-state index contributed by atoms with van der Waals surface area (Å²) in [5.74, 6) is 0. The van der Waals surface area contributed by atoms with Crippen LogP contribution in [0.4, 0.5) is 0 Å². The predicted molar refractivity (Wildman–Crippen MR) is 65.9 cm³/mol. The van der Waals surface area contributed by atoms with Gasteiger partial charge >= 0.3 is 0 Å². The van der Waals surface area contributed by atoms with Crippen LogP contribution in [-0.4, -0.2) is 17.5 Å². The van der Waals surface area contributed by atoms with Gasteiger partial charge in [-0.3, -0.25) is 0 Å². The molecule has 2 heterocycles. The van der Waals surface area contributed by atoms with Gasteiger partial charge in [0.15, 0.2) is 0 Å². The molecule has 2 aromatic heterocycles. The van der Waals surface area contributed by atoms with E-state index < -0.39 is 0 Å². The van der Waals surface area contributed by atoms with E-state index in [9.17, 15) is 0 Å². The molecular formula is C10H4N4S2. The summed E-state index contributed by atoms with van der Waals surface area (Å²) < 4.78 is 32.6. The average molecular weight is 248 g/mol. The lowest BCUT2D eigenvalue weighted by Crippen LogP contribution is -1.78. The van der Waals surface area contributed by atoms with E-state index in [2.05, 4.69) is 17.5 Å². The fraction of sp³-hybridized carbons (Fsp3) is 0. The van der Waals surface area contributed by atoms with Crippen LogP contribution in [0.5, 0.6) is 0 Å². The highest BCUT2D eigenvalue weighted by Gasteiger charge is 2.09. The zero-order valence-corrected chi connectivity index (χ0v) is 9.39. The normalized spacial score (nSPS) is 13.5. The maximum Gasteiger partial charge on any atom is 0.112 e. The molecule has 4 nitrogen and oxygen atoms in total. The van der Waals surface area contributed by atoms with Crippen LogP contribution < -0.4 is 0 Å². The zero-order chi connectivity index (χ0) is 12.3. The molecule has 0 aliphatic heterocycles.